The molecule has 0 aromatic carbocycles. The highest BCUT2D eigenvalue weighted by molar-refractivity contribution is 4.96. The second kappa shape index (κ2) is 28.2. The molecule has 0 aromatic heterocycles. The summed E-state index contributed by atoms with van der Waals surface area (Å²) < 4.78 is 0. The Bertz CT molecular complexity index is 494. The Hall–Kier alpha value is -0.380. The van der Waals surface area contributed by atoms with Crippen molar-refractivity contribution in [2.75, 3.05) is 19.6 Å². The van der Waals surface area contributed by atoms with Crippen molar-refractivity contribution in [1.82, 2.24) is 4.90 Å². The zero-order chi connectivity index (χ0) is 28.3. The van der Waals surface area contributed by atoms with Crippen molar-refractivity contribution in [2.24, 2.45) is 5.92 Å². The first-order valence-electron chi connectivity index (χ1n) is 17.2. The fourth-order valence-electron chi connectivity index (χ4n) is 5.64. The van der Waals surface area contributed by atoms with Gasteiger partial charge >= 0.3 is 0 Å². The van der Waals surface area contributed by atoms with Crippen molar-refractivity contribution in [3.05, 3.63) is 12.2 Å². The van der Waals surface area contributed by atoms with Crippen molar-refractivity contribution < 1.29 is 10.2 Å². The molecule has 3 heteroatoms. The van der Waals surface area contributed by atoms with Crippen LogP contribution in [0.5, 0.6) is 0 Å². The molecule has 3 unspecified atom stereocenters. The summed E-state index contributed by atoms with van der Waals surface area (Å²) in [4.78, 5) is 2.57. The first-order chi connectivity index (χ1) is 18.4. The average molecular weight is 538 g/mol. The third-order valence-electron chi connectivity index (χ3n) is 8.24. The van der Waals surface area contributed by atoms with E-state index in [1.54, 1.807) is 0 Å². The highest BCUT2D eigenvalue weighted by Crippen LogP contribution is 2.19. The van der Waals surface area contributed by atoms with Crippen LogP contribution in [0.4, 0.5) is 0 Å². The number of rotatable bonds is 30. The van der Waals surface area contributed by atoms with E-state index in [-0.39, 0.29) is 12.2 Å². The van der Waals surface area contributed by atoms with Gasteiger partial charge in [-0.3, -0.25) is 0 Å². The molecule has 0 aliphatic rings. The minimum Gasteiger partial charge on any atom is -0.393 e. The van der Waals surface area contributed by atoms with Crippen LogP contribution in [-0.4, -0.2) is 47.0 Å². The summed E-state index contributed by atoms with van der Waals surface area (Å²) in [5.74, 6) is 0.565. The van der Waals surface area contributed by atoms with Crippen molar-refractivity contribution in [2.45, 2.75) is 188 Å². The lowest BCUT2D eigenvalue weighted by Gasteiger charge is -2.25. The third kappa shape index (κ3) is 25.9. The summed E-state index contributed by atoms with van der Waals surface area (Å²) in [5.41, 5.74) is 1.20. The predicted octanol–water partition coefficient (Wildman–Crippen LogP) is 10.2. The van der Waals surface area contributed by atoms with Gasteiger partial charge in [0.25, 0.3) is 0 Å². The minimum atomic E-state index is -0.218. The van der Waals surface area contributed by atoms with Gasteiger partial charge in [0.1, 0.15) is 0 Å². The van der Waals surface area contributed by atoms with Gasteiger partial charge in [-0.1, -0.05) is 143 Å². The summed E-state index contributed by atoms with van der Waals surface area (Å²) >= 11 is 0. The van der Waals surface area contributed by atoms with Crippen LogP contribution in [-0.2, 0) is 0 Å². The van der Waals surface area contributed by atoms with Gasteiger partial charge in [0.05, 0.1) is 12.2 Å². The molecule has 0 rings (SSSR count). The number of unbranched alkanes of at least 4 members (excludes halogenated alkanes) is 14. The molecule has 3 nitrogen and oxygen atoms in total. The standard InChI is InChI=1S/C35H71NO2/c1-6-9-11-13-15-17-19-21-23-34(37)30-32(4)25-28-36(27-8-3)29-26-33(5)31-35(38)24-22-20-18-16-14-12-10-7-2/h33-35,37-38H,4,6-31H2,1-3,5H3. The lowest BCUT2D eigenvalue weighted by molar-refractivity contribution is 0.126. The topological polar surface area (TPSA) is 43.7 Å². The van der Waals surface area contributed by atoms with Gasteiger partial charge in [-0.2, -0.15) is 0 Å². The second-order valence-electron chi connectivity index (χ2n) is 12.5. The highest BCUT2D eigenvalue weighted by Gasteiger charge is 2.13. The van der Waals surface area contributed by atoms with Gasteiger partial charge in [0.15, 0.2) is 0 Å². The van der Waals surface area contributed by atoms with Crippen molar-refractivity contribution >= 4 is 0 Å². The molecule has 0 aliphatic carbocycles. The van der Waals surface area contributed by atoms with Crippen LogP contribution >= 0.6 is 0 Å². The van der Waals surface area contributed by atoms with Crippen LogP contribution in [0.15, 0.2) is 12.2 Å². The van der Waals surface area contributed by atoms with Crippen molar-refractivity contribution in [3.63, 3.8) is 0 Å². The summed E-state index contributed by atoms with van der Waals surface area (Å²) in [6.07, 6.45) is 27.7. The van der Waals surface area contributed by atoms with Gasteiger partial charge in [0, 0.05) is 6.54 Å². The summed E-state index contributed by atoms with van der Waals surface area (Å²) in [6, 6.07) is 0. The van der Waals surface area contributed by atoms with E-state index in [0.717, 1.165) is 64.6 Å². The van der Waals surface area contributed by atoms with E-state index in [9.17, 15) is 10.2 Å². The molecule has 0 radical (unpaired) electrons. The smallest absolute Gasteiger partial charge is 0.0577 e. The van der Waals surface area contributed by atoms with Crippen LogP contribution < -0.4 is 0 Å². The fraction of sp³-hybridized carbons (Fsp3) is 0.943. The minimum absolute atomic E-state index is 0.132. The Labute approximate surface area is 240 Å². The normalized spacial score (nSPS) is 14.2. The van der Waals surface area contributed by atoms with Crippen LogP contribution in [0.1, 0.15) is 175 Å². The molecule has 0 amide bonds. The average Bonchev–Trinajstić information content (AvgIpc) is 2.88. The summed E-state index contributed by atoms with van der Waals surface area (Å²) in [7, 11) is 0. The van der Waals surface area contributed by atoms with E-state index in [1.165, 1.54) is 108 Å². The molecule has 228 valence electrons. The van der Waals surface area contributed by atoms with Crippen LogP contribution in [0.2, 0.25) is 0 Å². The quantitative estimate of drug-likeness (QED) is 0.0707. The first-order valence-corrected chi connectivity index (χ1v) is 17.2. The SMILES string of the molecule is C=C(CCN(CCC)CCC(C)CC(O)CCCCCCCCCC)CC(O)CCCCCCCCCC. The van der Waals surface area contributed by atoms with Gasteiger partial charge in [-0.25, -0.2) is 0 Å². The number of aliphatic hydroxyl groups excluding tert-OH is 2. The molecule has 2 N–H and O–H groups in total. The zero-order valence-corrected chi connectivity index (χ0v) is 26.7. The molecule has 0 saturated carbocycles. The Morgan fingerprint density at radius 1 is 0.579 bits per heavy atom. The molecule has 38 heavy (non-hydrogen) atoms. The Kier molecular flexibility index (Phi) is 27.9. The van der Waals surface area contributed by atoms with Crippen LogP contribution in [0.3, 0.4) is 0 Å². The molecule has 0 heterocycles. The summed E-state index contributed by atoms with van der Waals surface area (Å²) in [5, 5.41) is 21.0. The monoisotopic (exact) mass is 538 g/mol. The Morgan fingerprint density at radius 3 is 1.55 bits per heavy atom. The zero-order valence-electron chi connectivity index (χ0n) is 26.7. The Morgan fingerprint density at radius 2 is 1.05 bits per heavy atom. The predicted molar refractivity (Wildman–Crippen MR) is 170 cm³/mol. The molecular weight excluding hydrogens is 466 g/mol. The molecule has 0 spiro atoms. The maximum atomic E-state index is 10.5. The summed E-state index contributed by atoms with van der Waals surface area (Å²) in [6.45, 7) is 16.7. The third-order valence-corrected chi connectivity index (χ3v) is 8.24. The molecule has 0 aromatic rings. The second-order valence-corrected chi connectivity index (χ2v) is 12.5. The van der Waals surface area contributed by atoms with Gasteiger partial charge in [0.2, 0.25) is 0 Å². The molecular formula is C35H71NO2. The van der Waals surface area contributed by atoms with E-state index in [2.05, 4.69) is 39.2 Å². The first kappa shape index (κ1) is 37.6. The van der Waals surface area contributed by atoms with Crippen molar-refractivity contribution in [3.8, 4) is 0 Å². The largest absolute Gasteiger partial charge is 0.393 e. The molecule has 3 atom stereocenters. The maximum absolute atomic E-state index is 10.5. The van der Waals surface area contributed by atoms with Gasteiger partial charge < -0.3 is 15.1 Å². The molecule has 0 fully saturated rings. The van der Waals surface area contributed by atoms with Crippen LogP contribution in [0.25, 0.3) is 0 Å². The van der Waals surface area contributed by atoms with E-state index in [4.69, 9.17) is 0 Å². The van der Waals surface area contributed by atoms with E-state index >= 15 is 0 Å². The molecule has 0 bridgehead atoms. The maximum Gasteiger partial charge on any atom is 0.0577 e. The number of hydrogen-bond acceptors (Lipinski definition) is 3. The van der Waals surface area contributed by atoms with Crippen molar-refractivity contribution in [1.29, 1.82) is 0 Å². The van der Waals surface area contributed by atoms with Gasteiger partial charge in [-0.15, -0.1) is 0 Å². The Balaban J connectivity index is 3.93. The van der Waals surface area contributed by atoms with Crippen LogP contribution in [0, 0.1) is 5.92 Å². The number of nitrogens with zero attached hydrogens (tertiary/aromatic N) is 1. The fourth-order valence-corrected chi connectivity index (χ4v) is 5.64. The lowest BCUT2D eigenvalue weighted by Crippen LogP contribution is -2.29. The molecule has 0 saturated heterocycles. The molecule has 0 aliphatic heterocycles. The lowest BCUT2D eigenvalue weighted by atomic mass is 9.96. The van der Waals surface area contributed by atoms with E-state index < -0.39 is 0 Å². The number of hydrogen-bond donors (Lipinski definition) is 2. The number of aliphatic hydroxyl groups is 2. The van der Waals surface area contributed by atoms with E-state index in [0.29, 0.717) is 5.92 Å². The van der Waals surface area contributed by atoms with E-state index in [1.807, 2.05) is 0 Å². The van der Waals surface area contributed by atoms with Gasteiger partial charge in [-0.05, 0) is 64.0 Å². The highest BCUT2D eigenvalue weighted by atomic mass is 16.3.